The molecule has 1 aromatic rings. The van der Waals surface area contributed by atoms with E-state index in [0.29, 0.717) is 5.92 Å². The monoisotopic (exact) mass is 284 g/mol. The highest BCUT2D eigenvalue weighted by molar-refractivity contribution is 5.93. The zero-order chi connectivity index (χ0) is 14.3. The van der Waals surface area contributed by atoms with E-state index in [1.165, 1.54) is 6.07 Å². The summed E-state index contributed by atoms with van der Waals surface area (Å²) in [5.41, 5.74) is 0.300. The van der Waals surface area contributed by atoms with E-state index < -0.39 is 17.8 Å². The Kier molecular flexibility index (Phi) is 3.11. The lowest BCUT2D eigenvalue weighted by Gasteiger charge is -2.32. The van der Waals surface area contributed by atoms with Gasteiger partial charge in [-0.15, -0.1) is 0 Å². The van der Waals surface area contributed by atoms with Gasteiger partial charge in [0.05, 0.1) is 11.6 Å². The van der Waals surface area contributed by atoms with Gasteiger partial charge >= 0.3 is 12.2 Å². The van der Waals surface area contributed by atoms with Crippen LogP contribution in [0.25, 0.3) is 0 Å². The Morgan fingerprint density at radius 1 is 1.15 bits per heavy atom. The lowest BCUT2D eigenvalue weighted by atomic mass is 9.89. The van der Waals surface area contributed by atoms with Crippen molar-refractivity contribution in [3.63, 3.8) is 0 Å². The molecule has 1 unspecified atom stereocenters. The van der Waals surface area contributed by atoms with E-state index in [-0.39, 0.29) is 11.7 Å². The topological polar surface area (TPSA) is 41.1 Å². The summed E-state index contributed by atoms with van der Waals surface area (Å²) in [6.45, 7) is 0. The van der Waals surface area contributed by atoms with Crippen LogP contribution < -0.4 is 10.6 Å². The highest BCUT2D eigenvalue weighted by Crippen LogP contribution is 2.41. The average Bonchev–Trinajstić information content (AvgIpc) is 2.89. The van der Waals surface area contributed by atoms with E-state index in [4.69, 9.17) is 0 Å². The first-order valence-electron chi connectivity index (χ1n) is 6.74. The number of nitrogens with one attached hydrogen (secondary N) is 2. The standard InChI is InChI=1S/C14H15F3N2O/c15-14(16,17)9-5-6-10-11(7-9)18-13(20)19-12(10)8-3-1-2-4-8/h5-8,12H,1-4H2,(H2,18,19,20). The molecular formula is C14H15F3N2O. The van der Waals surface area contributed by atoms with Crippen LogP contribution in [0.1, 0.15) is 42.9 Å². The van der Waals surface area contributed by atoms with Gasteiger partial charge in [0.1, 0.15) is 0 Å². The summed E-state index contributed by atoms with van der Waals surface area (Å²) in [7, 11) is 0. The van der Waals surface area contributed by atoms with E-state index in [2.05, 4.69) is 10.6 Å². The van der Waals surface area contributed by atoms with Crippen LogP contribution in [-0.2, 0) is 6.18 Å². The van der Waals surface area contributed by atoms with Crippen LogP contribution in [0.4, 0.5) is 23.7 Å². The van der Waals surface area contributed by atoms with Crippen LogP contribution >= 0.6 is 0 Å². The number of urea groups is 1. The van der Waals surface area contributed by atoms with Crippen molar-refractivity contribution in [3.05, 3.63) is 29.3 Å². The van der Waals surface area contributed by atoms with Gasteiger partial charge in [-0.25, -0.2) is 4.79 Å². The minimum atomic E-state index is -4.40. The number of halogens is 3. The molecule has 0 saturated heterocycles. The molecule has 1 aromatic carbocycles. The first-order chi connectivity index (χ1) is 9.45. The molecule has 1 atom stereocenters. The number of carbonyl (C=O) groups excluding carboxylic acids is 1. The van der Waals surface area contributed by atoms with Crippen molar-refractivity contribution in [3.8, 4) is 0 Å². The van der Waals surface area contributed by atoms with E-state index in [0.717, 1.165) is 43.4 Å². The molecule has 1 saturated carbocycles. The number of benzene rings is 1. The molecule has 20 heavy (non-hydrogen) atoms. The van der Waals surface area contributed by atoms with Gasteiger partial charge in [-0.3, -0.25) is 0 Å². The first-order valence-corrected chi connectivity index (χ1v) is 6.74. The Morgan fingerprint density at radius 2 is 1.85 bits per heavy atom. The third-order valence-corrected chi connectivity index (χ3v) is 4.12. The predicted molar refractivity (Wildman–Crippen MR) is 68.3 cm³/mol. The quantitative estimate of drug-likeness (QED) is 0.802. The summed E-state index contributed by atoms with van der Waals surface area (Å²) in [5, 5.41) is 5.32. The van der Waals surface area contributed by atoms with Crippen molar-refractivity contribution in [2.24, 2.45) is 5.92 Å². The fourth-order valence-corrected chi connectivity index (χ4v) is 3.15. The Morgan fingerprint density at radius 3 is 2.50 bits per heavy atom. The molecule has 0 aromatic heterocycles. The van der Waals surface area contributed by atoms with Gasteiger partial charge in [0, 0.05) is 5.69 Å². The molecule has 0 radical (unpaired) electrons. The molecule has 6 heteroatoms. The predicted octanol–water partition coefficient (Wildman–Crippen LogP) is 4.07. The smallest absolute Gasteiger partial charge is 0.331 e. The van der Waals surface area contributed by atoms with Crippen LogP contribution in [0.15, 0.2) is 18.2 Å². The molecule has 1 aliphatic carbocycles. The number of anilines is 1. The van der Waals surface area contributed by atoms with Crippen molar-refractivity contribution in [2.45, 2.75) is 37.9 Å². The SMILES string of the molecule is O=C1Nc2cc(C(F)(F)F)ccc2C(C2CCCC2)N1. The highest BCUT2D eigenvalue weighted by Gasteiger charge is 2.36. The number of rotatable bonds is 1. The second-order valence-electron chi connectivity index (χ2n) is 5.42. The highest BCUT2D eigenvalue weighted by atomic mass is 19.4. The number of fused-ring (bicyclic) bond motifs is 1. The lowest BCUT2D eigenvalue weighted by Crippen LogP contribution is -2.40. The van der Waals surface area contributed by atoms with Crippen molar-refractivity contribution in [2.75, 3.05) is 5.32 Å². The lowest BCUT2D eigenvalue weighted by molar-refractivity contribution is -0.137. The largest absolute Gasteiger partial charge is 0.416 e. The molecule has 0 bridgehead atoms. The van der Waals surface area contributed by atoms with Crippen molar-refractivity contribution in [1.29, 1.82) is 0 Å². The van der Waals surface area contributed by atoms with Gasteiger partial charge in [-0.1, -0.05) is 18.9 Å². The first kappa shape index (κ1) is 13.3. The van der Waals surface area contributed by atoms with Gasteiger partial charge in [-0.2, -0.15) is 13.2 Å². The van der Waals surface area contributed by atoms with Crippen LogP contribution in [0.2, 0.25) is 0 Å². The minimum Gasteiger partial charge on any atom is -0.331 e. The Labute approximate surface area is 114 Å². The second kappa shape index (κ2) is 4.68. The van der Waals surface area contributed by atoms with E-state index in [1.54, 1.807) is 0 Å². The number of hydrogen-bond acceptors (Lipinski definition) is 1. The fraction of sp³-hybridized carbons (Fsp3) is 0.500. The molecule has 2 N–H and O–H groups in total. The third kappa shape index (κ3) is 2.34. The fourth-order valence-electron chi connectivity index (χ4n) is 3.15. The molecule has 1 fully saturated rings. The van der Waals surface area contributed by atoms with Gasteiger partial charge in [0.15, 0.2) is 0 Å². The number of carbonyl (C=O) groups is 1. The summed E-state index contributed by atoms with van der Waals surface area (Å²) in [4.78, 5) is 11.7. The van der Waals surface area contributed by atoms with Crippen molar-refractivity contribution < 1.29 is 18.0 Å². The van der Waals surface area contributed by atoms with E-state index >= 15 is 0 Å². The van der Waals surface area contributed by atoms with Crippen LogP contribution in [-0.4, -0.2) is 6.03 Å². The maximum atomic E-state index is 12.7. The maximum Gasteiger partial charge on any atom is 0.416 e. The van der Waals surface area contributed by atoms with Crippen LogP contribution in [0.5, 0.6) is 0 Å². The van der Waals surface area contributed by atoms with Gasteiger partial charge in [-0.05, 0) is 36.5 Å². The van der Waals surface area contributed by atoms with E-state index in [1.807, 2.05) is 0 Å². The number of alkyl halides is 3. The molecule has 2 aliphatic rings. The molecule has 2 amide bonds. The average molecular weight is 284 g/mol. The van der Waals surface area contributed by atoms with Gasteiger partial charge in [0.25, 0.3) is 0 Å². The van der Waals surface area contributed by atoms with Crippen LogP contribution in [0, 0.1) is 5.92 Å². The van der Waals surface area contributed by atoms with Crippen molar-refractivity contribution >= 4 is 11.7 Å². The van der Waals surface area contributed by atoms with Gasteiger partial charge in [0.2, 0.25) is 0 Å². The zero-order valence-electron chi connectivity index (χ0n) is 10.8. The zero-order valence-corrected chi connectivity index (χ0v) is 10.8. The summed E-state index contributed by atoms with van der Waals surface area (Å²) >= 11 is 0. The Balaban J connectivity index is 1.98. The normalized spacial score (nSPS) is 23.1. The minimum absolute atomic E-state index is 0.177. The molecular weight excluding hydrogens is 269 g/mol. The molecule has 1 heterocycles. The van der Waals surface area contributed by atoms with E-state index in [9.17, 15) is 18.0 Å². The van der Waals surface area contributed by atoms with Crippen LogP contribution in [0.3, 0.4) is 0 Å². The number of amides is 2. The number of hydrogen-bond donors (Lipinski definition) is 2. The summed E-state index contributed by atoms with van der Waals surface area (Å²) in [6.07, 6.45) is -0.162. The summed E-state index contributed by atoms with van der Waals surface area (Å²) < 4.78 is 38.2. The van der Waals surface area contributed by atoms with Crippen molar-refractivity contribution in [1.82, 2.24) is 5.32 Å². The Bertz CT molecular complexity index is 536. The second-order valence-corrected chi connectivity index (χ2v) is 5.42. The molecule has 1 aliphatic heterocycles. The van der Waals surface area contributed by atoms with Gasteiger partial charge < -0.3 is 10.6 Å². The molecule has 108 valence electrons. The Hall–Kier alpha value is -1.72. The molecule has 3 rings (SSSR count). The maximum absolute atomic E-state index is 12.7. The molecule has 3 nitrogen and oxygen atoms in total. The third-order valence-electron chi connectivity index (χ3n) is 4.12. The summed E-state index contributed by atoms with van der Waals surface area (Å²) in [6, 6.07) is 2.99. The summed E-state index contributed by atoms with van der Waals surface area (Å²) in [5.74, 6) is 0.316. The molecule has 0 spiro atoms.